The molecule has 2 atom stereocenters. The minimum atomic E-state index is -4.05. The van der Waals surface area contributed by atoms with Gasteiger partial charge in [0.1, 0.15) is 5.75 Å². The minimum Gasteiger partial charge on any atom is -0.379 e. The van der Waals surface area contributed by atoms with Crippen LogP contribution in [0.5, 0.6) is 5.75 Å². The van der Waals surface area contributed by atoms with E-state index in [2.05, 4.69) is 4.99 Å². The molecule has 1 fully saturated rings. The Morgan fingerprint density at radius 3 is 2.50 bits per heavy atom. The second kappa shape index (κ2) is 10.3. The average molecular weight is 539 g/mol. The predicted molar refractivity (Wildman–Crippen MR) is 143 cm³/mol. The largest absolute Gasteiger partial charge is 0.385 e. The molecule has 1 amide bonds. The van der Waals surface area contributed by atoms with E-state index in [4.69, 9.17) is 19.4 Å². The first-order valence-corrected chi connectivity index (χ1v) is 13.6. The van der Waals surface area contributed by atoms with Gasteiger partial charge in [-0.15, -0.1) is 0 Å². The number of likely N-dealkylation sites (N-methyl/N-ethyl adjacent to an activating group) is 1. The number of allylic oxidation sites excluding steroid dienone is 2. The highest BCUT2D eigenvalue weighted by atomic mass is 32.2. The Morgan fingerprint density at radius 1 is 1.11 bits per heavy atom. The van der Waals surface area contributed by atoms with Crippen LogP contribution in [-0.4, -0.2) is 76.1 Å². The SMILES string of the molecule is COC1C=CC=C(c2cccc(C3(c4cccc(OS(=O)(=O)N5CCOCC5)c4)N=C(N)N(C)C3=O)c2)C1. The Kier molecular flexibility index (Phi) is 7.10. The van der Waals surface area contributed by atoms with Crippen LogP contribution in [0.4, 0.5) is 0 Å². The molecule has 0 saturated carbocycles. The zero-order valence-corrected chi connectivity index (χ0v) is 22.1. The van der Waals surface area contributed by atoms with Crippen LogP contribution in [0.1, 0.15) is 23.1 Å². The zero-order valence-electron chi connectivity index (χ0n) is 21.2. The van der Waals surface area contributed by atoms with E-state index < -0.39 is 15.8 Å². The summed E-state index contributed by atoms with van der Waals surface area (Å²) in [5, 5.41) is 0. The molecule has 1 saturated heterocycles. The molecule has 200 valence electrons. The molecule has 0 aromatic heterocycles. The van der Waals surface area contributed by atoms with Gasteiger partial charge in [-0.3, -0.25) is 9.69 Å². The van der Waals surface area contributed by atoms with Gasteiger partial charge in [0.15, 0.2) is 11.5 Å². The van der Waals surface area contributed by atoms with E-state index >= 15 is 0 Å². The second-order valence-corrected chi connectivity index (χ2v) is 10.8. The first-order chi connectivity index (χ1) is 18.2. The lowest BCUT2D eigenvalue weighted by Gasteiger charge is -2.28. The topological polar surface area (TPSA) is 124 Å². The number of guanidine groups is 1. The van der Waals surface area contributed by atoms with Crippen LogP contribution in [0.2, 0.25) is 0 Å². The molecule has 0 bridgehead atoms. The van der Waals surface area contributed by atoms with Crippen molar-refractivity contribution in [2.45, 2.75) is 18.1 Å². The standard InChI is InChI=1S/C27H30N4O6S/c1-30-25(32)27(29-26(30)28,21-8-3-6-19(16-21)20-7-4-10-23(17-20)35-2)22-9-5-11-24(18-22)37-38(33,34)31-12-14-36-15-13-31/h3-11,16,18,23H,12-15,17H2,1-2H3,(H2,28,29). The van der Waals surface area contributed by atoms with E-state index in [0.29, 0.717) is 30.8 Å². The van der Waals surface area contributed by atoms with Crippen molar-refractivity contribution in [3.63, 3.8) is 0 Å². The Morgan fingerprint density at radius 2 is 1.82 bits per heavy atom. The quantitative estimate of drug-likeness (QED) is 0.572. The molecular weight excluding hydrogens is 508 g/mol. The number of morpholine rings is 1. The molecule has 1 aliphatic carbocycles. The highest BCUT2D eigenvalue weighted by molar-refractivity contribution is 7.84. The fraction of sp³-hybridized carbons (Fsp3) is 0.333. The van der Waals surface area contributed by atoms with Gasteiger partial charge >= 0.3 is 10.3 Å². The summed E-state index contributed by atoms with van der Waals surface area (Å²) in [6.45, 7) is 1.01. The monoisotopic (exact) mass is 538 g/mol. The maximum atomic E-state index is 13.8. The Labute approximate surface area is 222 Å². The summed E-state index contributed by atoms with van der Waals surface area (Å²) in [7, 11) is -0.821. The first kappa shape index (κ1) is 26.1. The van der Waals surface area contributed by atoms with E-state index in [1.54, 1.807) is 26.3 Å². The van der Waals surface area contributed by atoms with Gasteiger partial charge in [-0.05, 0) is 40.5 Å². The molecule has 3 aliphatic rings. The van der Waals surface area contributed by atoms with Crippen LogP contribution < -0.4 is 9.92 Å². The molecule has 2 aliphatic heterocycles. The smallest absolute Gasteiger partial charge is 0.379 e. The number of benzene rings is 2. The number of methoxy groups -OCH3 is 1. The molecule has 2 unspecified atom stereocenters. The highest BCUT2D eigenvalue weighted by Gasteiger charge is 2.50. The van der Waals surface area contributed by atoms with E-state index in [1.165, 1.54) is 21.3 Å². The summed E-state index contributed by atoms with van der Waals surface area (Å²) >= 11 is 0. The van der Waals surface area contributed by atoms with Crippen LogP contribution in [0.25, 0.3) is 5.57 Å². The maximum Gasteiger partial charge on any atom is 0.385 e. The summed E-state index contributed by atoms with van der Waals surface area (Å²) < 4.78 is 43.2. The number of carbonyl (C=O) groups excluding carboxylic acids is 1. The summed E-state index contributed by atoms with van der Waals surface area (Å²) in [4.78, 5) is 19.7. The van der Waals surface area contributed by atoms with Gasteiger partial charge in [0, 0.05) is 33.7 Å². The van der Waals surface area contributed by atoms with Gasteiger partial charge in [0.2, 0.25) is 0 Å². The Balaban J connectivity index is 1.56. The number of hydrogen-bond donors (Lipinski definition) is 1. The molecule has 5 rings (SSSR count). The summed E-state index contributed by atoms with van der Waals surface area (Å²) in [6.07, 6.45) is 6.61. The van der Waals surface area contributed by atoms with Crippen LogP contribution in [0.3, 0.4) is 0 Å². The molecule has 2 aromatic rings. The van der Waals surface area contributed by atoms with Crippen molar-refractivity contribution in [2.75, 3.05) is 40.5 Å². The number of carbonyl (C=O) groups is 1. The number of rotatable bonds is 7. The Bertz CT molecular complexity index is 1430. The van der Waals surface area contributed by atoms with Crippen LogP contribution in [-0.2, 0) is 30.1 Å². The van der Waals surface area contributed by atoms with Crippen LogP contribution in [0, 0.1) is 0 Å². The van der Waals surface area contributed by atoms with E-state index in [0.717, 1.165) is 11.1 Å². The van der Waals surface area contributed by atoms with Crippen molar-refractivity contribution >= 4 is 27.7 Å². The normalized spacial score (nSPS) is 24.3. The predicted octanol–water partition coefficient (Wildman–Crippen LogP) is 2.03. The van der Waals surface area contributed by atoms with Crippen LogP contribution >= 0.6 is 0 Å². The van der Waals surface area contributed by atoms with E-state index in [1.807, 2.05) is 42.5 Å². The summed E-state index contributed by atoms with van der Waals surface area (Å²) in [5.74, 6) is -0.219. The summed E-state index contributed by atoms with van der Waals surface area (Å²) in [6, 6.07) is 14.0. The third-order valence-electron chi connectivity index (χ3n) is 6.98. The fourth-order valence-electron chi connectivity index (χ4n) is 4.87. The van der Waals surface area contributed by atoms with Crippen molar-refractivity contribution in [1.29, 1.82) is 0 Å². The lowest BCUT2D eigenvalue weighted by molar-refractivity contribution is -0.129. The Hall–Kier alpha value is -3.51. The highest BCUT2D eigenvalue weighted by Crippen LogP contribution is 2.41. The lowest BCUT2D eigenvalue weighted by Crippen LogP contribution is -2.43. The molecule has 0 spiro atoms. The number of aliphatic imine (C=N–C) groups is 1. The molecule has 10 nitrogen and oxygen atoms in total. The second-order valence-electron chi connectivity index (χ2n) is 9.26. The van der Waals surface area contributed by atoms with Crippen molar-refractivity contribution < 1.29 is 26.9 Å². The van der Waals surface area contributed by atoms with Gasteiger partial charge < -0.3 is 19.4 Å². The zero-order chi connectivity index (χ0) is 26.9. The average Bonchev–Trinajstić information content (AvgIpc) is 3.18. The van der Waals surface area contributed by atoms with Gasteiger partial charge in [-0.1, -0.05) is 48.6 Å². The number of ether oxygens (including phenoxy) is 2. The van der Waals surface area contributed by atoms with Gasteiger partial charge in [-0.25, -0.2) is 4.99 Å². The number of nitrogens with two attached hydrogens (primary N) is 1. The number of hydrogen-bond acceptors (Lipinski definition) is 8. The van der Waals surface area contributed by atoms with Gasteiger partial charge in [-0.2, -0.15) is 12.7 Å². The van der Waals surface area contributed by atoms with Crippen molar-refractivity contribution in [2.24, 2.45) is 10.7 Å². The number of nitrogens with zero attached hydrogens (tertiary/aromatic N) is 3. The van der Waals surface area contributed by atoms with Crippen LogP contribution in [0.15, 0.2) is 71.8 Å². The molecule has 11 heteroatoms. The molecule has 2 heterocycles. The van der Waals surface area contributed by atoms with Gasteiger partial charge in [0.05, 0.1) is 19.3 Å². The molecule has 2 N–H and O–H groups in total. The summed E-state index contributed by atoms with van der Waals surface area (Å²) in [5.41, 5.74) is 7.65. The third kappa shape index (κ3) is 4.73. The molecule has 0 radical (unpaired) electrons. The lowest BCUT2D eigenvalue weighted by atomic mass is 9.81. The maximum absolute atomic E-state index is 13.8. The van der Waals surface area contributed by atoms with E-state index in [-0.39, 0.29) is 36.8 Å². The third-order valence-corrected chi connectivity index (χ3v) is 8.38. The first-order valence-electron chi connectivity index (χ1n) is 12.3. The van der Waals surface area contributed by atoms with Crippen molar-refractivity contribution in [1.82, 2.24) is 9.21 Å². The fourth-order valence-corrected chi connectivity index (χ4v) is 5.92. The van der Waals surface area contributed by atoms with E-state index in [9.17, 15) is 13.2 Å². The van der Waals surface area contributed by atoms with Gasteiger partial charge in [0.25, 0.3) is 5.91 Å². The molecular formula is C27H30N4O6S. The number of amides is 1. The molecule has 2 aromatic carbocycles. The van der Waals surface area contributed by atoms with Crippen molar-refractivity contribution in [3.05, 3.63) is 83.4 Å². The van der Waals surface area contributed by atoms with Crippen molar-refractivity contribution in [3.8, 4) is 5.75 Å². The minimum absolute atomic E-state index is 0.0391. The molecule has 38 heavy (non-hydrogen) atoms.